The van der Waals surface area contributed by atoms with Crippen LogP contribution >= 0.6 is 0 Å². The maximum atomic E-state index is 12.3. The molecule has 2 heterocycles. The first-order chi connectivity index (χ1) is 12.4. The first kappa shape index (κ1) is 17.2. The van der Waals surface area contributed by atoms with Crippen molar-refractivity contribution in [2.75, 3.05) is 5.32 Å². The van der Waals surface area contributed by atoms with Crippen molar-refractivity contribution in [3.8, 4) is 5.69 Å². The minimum absolute atomic E-state index is 0.0749. The van der Waals surface area contributed by atoms with Gasteiger partial charge >= 0.3 is 5.69 Å². The van der Waals surface area contributed by atoms with Gasteiger partial charge in [-0.3, -0.25) is 19.6 Å². The van der Waals surface area contributed by atoms with Crippen LogP contribution in [0, 0.1) is 30.9 Å². The highest BCUT2D eigenvalue weighted by Crippen LogP contribution is 2.22. The monoisotopic (exact) mass is 356 g/mol. The molecule has 0 atom stereocenters. The predicted molar refractivity (Wildman–Crippen MR) is 90.9 cm³/mol. The Hall–Kier alpha value is -3.63. The van der Waals surface area contributed by atoms with Crippen LogP contribution in [0.5, 0.6) is 0 Å². The van der Waals surface area contributed by atoms with E-state index in [1.807, 2.05) is 13.0 Å². The number of anilines is 1. The van der Waals surface area contributed by atoms with Crippen LogP contribution in [-0.4, -0.2) is 40.8 Å². The molecule has 1 N–H and O–H groups in total. The van der Waals surface area contributed by atoms with Gasteiger partial charge in [-0.15, -0.1) is 5.10 Å². The van der Waals surface area contributed by atoms with Gasteiger partial charge in [0.25, 0.3) is 0 Å². The Morgan fingerprint density at radius 3 is 2.69 bits per heavy atom. The molecule has 2 aromatic heterocycles. The normalized spacial score (nSPS) is 10.7. The Balaban J connectivity index is 1.78. The summed E-state index contributed by atoms with van der Waals surface area (Å²) in [5.41, 5.74) is 2.76. The molecular weight excluding hydrogens is 340 g/mol. The van der Waals surface area contributed by atoms with E-state index in [2.05, 4.69) is 25.9 Å². The van der Waals surface area contributed by atoms with E-state index >= 15 is 0 Å². The van der Waals surface area contributed by atoms with Gasteiger partial charge in [0, 0.05) is 5.69 Å². The zero-order chi connectivity index (χ0) is 18.8. The fraction of sp³-hybridized carbons (Fsp3) is 0.267. The molecule has 3 rings (SSSR count). The molecule has 0 spiro atoms. The van der Waals surface area contributed by atoms with E-state index in [-0.39, 0.29) is 23.8 Å². The number of aromatic nitrogens is 6. The first-order valence-electron chi connectivity index (χ1n) is 7.69. The number of benzene rings is 1. The lowest BCUT2D eigenvalue weighted by Gasteiger charge is -2.10. The Labute approximate surface area is 147 Å². The second kappa shape index (κ2) is 6.70. The van der Waals surface area contributed by atoms with Crippen LogP contribution in [0.1, 0.15) is 17.0 Å². The molecule has 11 nitrogen and oxygen atoms in total. The van der Waals surface area contributed by atoms with Crippen molar-refractivity contribution in [3.63, 3.8) is 0 Å². The van der Waals surface area contributed by atoms with Gasteiger partial charge in [0.15, 0.2) is 0 Å². The summed E-state index contributed by atoms with van der Waals surface area (Å²) in [4.78, 5) is 22.9. The molecule has 134 valence electrons. The van der Waals surface area contributed by atoms with Crippen LogP contribution in [-0.2, 0) is 11.3 Å². The summed E-state index contributed by atoms with van der Waals surface area (Å²) in [7, 11) is 0. The third-order valence-electron chi connectivity index (χ3n) is 3.91. The number of tetrazole rings is 1. The number of nitro groups is 1. The highest BCUT2D eigenvalue weighted by molar-refractivity contribution is 5.91. The molecule has 0 aliphatic heterocycles. The molecule has 3 aromatic rings. The number of rotatable bonds is 5. The standard InChI is InChI=1S/C15H16N8O3/c1-9-4-5-12(6-13(9)22-8-16-19-20-22)17-14(24)7-21-11(3)15(23(25)26)10(2)18-21/h4-6,8H,7H2,1-3H3,(H,17,24). The zero-order valence-electron chi connectivity index (χ0n) is 14.4. The molecule has 0 unspecified atom stereocenters. The van der Waals surface area contributed by atoms with Crippen molar-refractivity contribution >= 4 is 17.3 Å². The lowest BCUT2D eigenvalue weighted by molar-refractivity contribution is -0.386. The van der Waals surface area contributed by atoms with Crippen molar-refractivity contribution in [3.05, 3.63) is 51.6 Å². The number of nitrogens with zero attached hydrogens (tertiary/aromatic N) is 7. The summed E-state index contributed by atoms with van der Waals surface area (Å²) < 4.78 is 2.81. The number of aryl methyl sites for hydroxylation is 2. The van der Waals surface area contributed by atoms with Gasteiger partial charge in [0.2, 0.25) is 5.91 Å². The van der Waals surface area contributed by atoms with Gasteiger partial charge < -0.3 is 5.32 Å². The molecule has 0 saturated heterocycles. The summed E-state index contributed by atoms with van der Waals surface area (Å²) in [6.07, 6.45) is 1.46. The number of carbonyl (C=O) groups is 1. The molecule has 0 saturated carbocycles. The molecule has 1 aromatic carbocycles. The Morgan fingerprint density at radius 2 is 2.08 bits per heavy atom. The van der Waals surface area contributed by atoms with Crippen molar-refractivity contribution in [2.24, 2.45) is 0 Å². The molecule has 1 amide bonds. The summed E-state index contributed by atoms with van der Waals surface area (Å²) in [6.45, 7) is 4.87. The molecule has 0 fully saturated rings. The summed E-state index contributed by atoms with van der Waals surface area (Å²) >= 11 is 0. The second-order valence-electron chi connectivity index (χ2n) is 5.74. The first-order valence-corrected chi connectivity index (χ1v) is 7.69. The third-order valence-corrected chi connectivity index (χ3v) is 3.91. The molecule has 11 heteroatoms. The van der Waals surface area contributed by atoms with Gasteiger partial charge in [0.05, 0.1) is 10.6 Å². The smallest absolute Gasteiger partial charge is 0.312 e. The average molecular weight is 356 g/mol. The van der Waals surface area contributed by atoms with Crippen LogP contribution in [0.2, 0.25) is 0 Å². The lowest BCUT2D eigenvalue weighted by Crippen LogP contribution is -2.20. The van der Waals surface area contributed by atoms with E-state index in [1.54, 1.807) is 19.1 Å². The maximum absolute atomic E-state index is 12.3. The number of nitrogens with one attached hydrogen (secondary N) is 1. The molecular formula is C15H16N8O3. The van der Waals surface area contributed by atoms with Crippen molar-refractivity contribution < 1.29 is 9.72 Å². The number of carbonyl (C=O) groups excluding carboxylic acids is 1. The van der Waals surface area contributed by atoms with Gasteiger partial charge in [-0.2, -0.15) is 5.10 Å². The van der Waals surface area contributed by atoms with Gasteiger partial charge in [-0.05, 0) is 48.9 Å². The fourth-order valence-electron chi connectivity index (χ4n) is 2.65. The van der Waals surface area contributed by atoms with E-state index in [0.717, 1.165) is 11.3 Å². The van der Waals surface area contributed by atoms with Crippen molar-refractivity contribution in [1.82, 2.24) is 30.0 Å². The van der Waals surface area contributed by atoms with E-state index in [4.69, 9.17) is 0 Å². The lowest BCUT2D eigenvalue weighted by atomic mass is 10.2. The van der Waals surface area contributed by atoms with E-state index in [1.165, 1.54) is 22.6 Å². The van der Waals surface area contributed by atoms with Crippen molar-refractivity contribution in [1.29, 1.82) is 0 Å². The van der Waals surface area contributed by atoms with E-state index in [0.29, 0.717) is 11.4 Å². The predicted octanol–water partition coefficient (Wildman–Crippen LogP) is 1.33. The Bertz CT molecular complexity index is 977. The average Bonchev–Trinajstić information content (AvgIpc) is 3.18. The summed E-state index contributed by atoms with van der Waals surface area (Å²) in [5.74, 6) is -0.350. The molecule has 0 aliphatic carbocycles. The minimum atomic E-state index is -0.496. The summed E-state index contributed by atoms with van der Waals surface area (Å²) in [5, 5.41) is 28.9. The second-order valence-corrected chi connectivity index (χ2v) is 5.74. The summed E-state index contributed by atoms with van der Waals surface area (Å²) in [6, 6.07) is 5.33. The zero-order valence-corrected chi connectivity index (χ0v) is 14.4. The Morgan fingerprint density at radius 1 is 1.31 bits per heavy atom. The highest BCUT2D eigenvalue weighted by Gasteiger charge is 2.22. The quantitative estimate of drug-likeness (QED) is 0.538. The van der Waals surface area contributed by atoms with E-state index < -0.39 is 4.92 Å². The van der Waals surface area contributed by atoms with Crippen LogP contribution in [0.15, 0.2) is 24.5 Å². The highest BCUT2D eigenvalue weighted by atomic mass is 16.6. The Kier molecular flexibility index (Phi) is 4.43. The minimum Gasteiger partial charge on any atom is -0.324 e. The number of hydrogen-bond acceptors (Lipinski definition) is 7. The van der Waals surface area contributed by atoms with E-state index in [9.17, 15) is 14.9 Å². The van der Waals surface area contributed by atoms with Gasteiger partial charge in [-0.1, -0.05) is 6.07 Å². The molecule has 0 radical (unpaired) electrons. The largest absolute Gasteiger partial charge is 0.324 e. The third kappa shape index (κ3) is 3.27. The SMILES string of the molecule is Cc1ccc(NC(=O)Cn2nc(C)c([N+](=O)[O-])c2C)cc1-n1cnnn1. The maximum Gasteiger partial charge on any atom is 0.312 e. The molecule has 0 bridgehead atoms. The number of amides is 1. The molecule has 0 aliphatic rings. The molecule has 26 heavy (non-hydrogen) atoms. The van der Waals surface area contributed by atoms with Crippen LogP contribution in [0.3, 0.4) is 0 Å². The van der Waals surface area contributed by atoms with Crippen LogP contribution in [0.25, 0.3) is 5.69 Å². The van der Waals surface area contributed by atoms with Gasteiger partial charge in [0.1, 0.15) is 24.3 Å². The van der Waals surface area contributed by atoms with Crippen molar-refractivity contribution in [2.45, 2.75) is 27.3 Å². The number of hydrogen-bond donors (Lipinski definition) is 1. The topological polar surface area (TPSA) is 134 Å². The van der Waals surface area contributed by atoms with Gasteiger partial charge in [-0.25, -0.2) is 4.68 Å². The van der Waals surface area contributed by atoms with Crippen LogP contribution < -0.4 is 5.32 Å². The van der Waals surface area contributed by atoms with Crippen LogP contribution in [0.4, 0.5) is 11.4 Å². The fourth-order valence-corrected chi connectivity index (χ4v) is 2.65.